The van der Waals surface area contributed by atoms with Crippen LogP contribution in [0, 0.1) is 17.8 Å². The number of fused-ring (bicyclic) bond motifs is 2. The molecule has 2 aliphatic heterocycles. The van der Waals surface area contributed by atoms with Crippen molar-refractivity contribution in [2.75, 3.05) is 39.9 Å². The lowest BCUT2D eigenvalue weighted by Crippen LogP contribution is -2.47. The van der Waals surface area contributed by atoms with Gasteiger partial charge in [0.05, 0.1) is 13.2 Å². The van der Waals surface area contributed by atoms with E-state index >= 15 is 0 Å². The summed E-state index contributed by atoms with van der Waals surface area (Å²) >= 11 is 0. The van der Waals surface area contributed by atoms with E-state index in [4.69, 9.17) is 9.73 Å². The number of amides is 1. The molecule has 0 aromatic carbocycles. The molecule has 3 atom stereocenters. The maximum Gasteiger partial charge on any atom is 0.256 e. The third-order valence-corrected chi connectivity index (χ3v) is 5.74. The Morgan fingerprint density at radius 2 is 2.17 bits per heavy atom. The number of carbonyl (C=O) groups excluding carboxylic acids is 1. The van der Waals surface area contributed by atoms with Crippen molar-refractivity contribution in [3.05, 3.63) is 0 Å². The van der Waals surface area contributed by atoms with Crippen molar-refractivity contribution in [2.45, 2.75) is 45.6 Å². The van der Waals surface area contributed by atoms with Crippen molar-refractivity contribution >= 4 is 11.7 Å². The third kappa shape index (κ3) is 2.82. The molecule has 1 aliphatic carbocycles. The van der Waals surface area contributed by atoms with E-state index in [0.717, 1.165) is 44.7 Å². The van der Waals surface area contributed by atoms with E-state index in [1.165, 1.54) is 0 Å². The fourth-order valence-corrected chi connectivity index (χ4v) is 4.83. The Hall–Kier alpha value is -0.940. The van der Waals surface area contributed by atoms with Gasteiger partial charge in [-0.15, -0.1) is 0 Å². The van der Waals surface area contributed by atoms with Crippen LogP contribution in [0.5, 0.6) is 0 Å². The van der Waals surface area contributed by atoms with Crippen molar-refractivity contribution in [3.8, 4) is 0 Å². The summed E-state index contributed by atoms with van der Waals surface area (Å²) in [5, 5.41) is 0. The van der Waals surface area contributed by atoms with Gasteiger partial charge in [-0.25, -0.2) is 0 Å². The Kier molecular flexibility index (Phi) is 4.79. The highest BCUT2D eigenvalue weighted by atomic mass is 16.5. The van der Waals surface area contributed by atoms with Gasteiger partial charge in [0.15, 0.2) is 0 Å². The lowest BCUT2D eigenvalue weighted by Gasteiger charge is -2.28. The standard InChI is InChI=1S/C18H31N3O2/c1-5-16-19-18(17(22)21(16)8-9-23-4)7-6-14-11-20(10-13(2)3)12-15(14)18/h13-15H,5-12H2,1-4H3/t14-,15+,18-/m0/s1. The molecule has 5 nitrogen and oxygen atoms in total. The molecule has 2 heterocycles. The molecule has 23 heavy (non-hydrogen) atoms. The fraction of sp³-hybridized carbons (Fsp3) is 0.889. The number of hydrogen-bond acceptors (Lipinski definition) is 4. The molecule has 3 aliphatic rings. The summed E-state index contributed by atoms with van der Waals surface area (Å²) in [6.07, 6.45) is 2.90. The topological polar surface area (TPSA) is 45.1 Å². The van der Waals surface area contributed by atoms with Crippen LogP contribution in [0.15, 0.2) is 4.99 Å². The van der Waals surface area contributed by atoms with Gasteiger partial charge < -0.3 is 9.64 Å². The molecule has 3 rings (SSSR count). The Balaban J connectivity index is 1.79. The predicted octanol–water partition coefficient (Wildman–Crippen LogP) is 2.02. The summed E-state index contributed by atoms with van der Waals surface area (Å²) in [7, 11) is 1.69. The molecule has 5 heteroatoms. The molecule has 0 aromatic rings. The van der Waals surface area contributed by atoms with Gasteiger partial charge in [-0.1, -0.05) is 20.8 Å². The molecule has 0 N–H and O–H groups in total. The van der Waals surface area contributed by atoms with Crippen LogP contribution in [0.25, 0.3) is 0 Å². The van der Waals surface area contributed by atoms with Crippen LogP contribution in [0.3, 0.4) is 0 Å². The molecule has 1 spiro atoms. The smallest absolute Gasteiger partial charge is 0.256 e. The first kappa shape index (κ1) is 16.9. The van der Waals surface area contributed by atoms with Crippen molar-refractivity contribution < 1.29 is 9.53 Å². The highest BCUT2D eigenvalue weighted by Crippen LogP contribution is 2.50. The van der Waals surface area contributed by atoms with Crippen LogP contribution >= 0.6 is 0 Å². The van der Waals surface area contributed by atoms with Gasteiger partial charge in [0.25, 0.3) is 5.91 Å². The predicted molar refractivity (Wildman–Crippen MR) is 91.5 cm³/mol. The number of amidine groups is 1. The average molecular weight is 321 g/mol. The molecule has 1 saturated carbocycles. The molecule has 2 fully saturated rings. The SMILES string of the molecule is CCC1=N[C@]2(CC[C@H]3CN(CC(C)C)C[C@H]32)C(=O)N1CCOC. The molecule has 130 valence electrons. The normalized spacial score (nSPS) is 34.0. The third-order valence-electron chi connectivity index (χ3n) is 5.74. The zero-order valence-electron chi connectivity index (χ0n) is 15.0. The van der Waals surface area contributed by atoms with Gasteiger partial charge in [-0.05, 0) is 24.7 Å². The summed E-state index contributed by atoms with van der Waals surface area (Å²) in [6, 6.07) is 0. The number of ether oxygens (including phenoxy) is 1. The molecule has 0 aromatic heterocycles. The van der Waals surface area contributed by atoms with Gasteiger partial charge in [-0.2, -0.15) is 0 Å². The van der Waals surface area contributed by atoms with Crippen LogP contribution in [0.1, 0.15) is 40.0 Å². The van der Waals surface area contributed by atoms with E-state index in [1.54, 1.807) is 7.11 Å². The zero-order chi connectivity index (χ0) is 16.6. The largest absolute Gasteiger partial charge is 0.383 e. The molecule has 1 amide bonds. The van der Waals surface area contributed by atoms with Gasteiger partial charge in [0, 0.05) is 39.1 Å². The maximum atomic E-state index is 13.2. The van der Waals surface area contributed by atoms with E-state index in [1.807, 2.05) is 4.90 Å². The van der Waals surface area contributed by atoms with E-state index in [9.17, 15) is 4.79 Å². The molecular formula is C18H31N3O2. The minimum absolute atomic E-state index is 0.241. The zero-order valence-corrected chi connectivity index (χ0v) is 15.0. The van der Waals surface area contributed by atoms with Gasteiger partial charge >= 0.3 is 0 Å². The quantitative estimate of drug-likeness (QED) is 0.752. The van der Waals surface area contributed by atoms with Gasteiger partial charge in [-0.3, -0.25) is 14.7 Å². The number of aliphatic imine (C=N–C) groups is 1. The molecule has 1 saturated heterocycles. The highest BCUT2D eigenvalue weighted by molar-refractivity contribution is 6.08. The number of nitrogens with zero attached hydrogens (tertiary/aromatic N) is 3. The number of methoxy groups -OCH3 is 1. The Labute approximate surface area is 140 Å². The Bertz CT molecular complexity index is 491. The van der Waals surface area contributed by atoms with Crippen LogP contribution in [-0.2, 0) is 9.53 Å². The van der Waals surface area contributed by atoms with E-state index in [2.05, 4.69) is 25.7 Å². The number of carbonyl (C=O) groups is 1. The number of likely N-dealkylation sites (tertiary alicyclic amines) is 1. The number of rotatable bonds is 6. The highest BCUT2D eigenvalue weighted by Gasteiger charge is 2.60. The van der Waals surface area contributed by atoms with Crippen molar-refractivity contribution in [3.63, 3.8) is 0 Å². The fourth-order valence-electron chi connectivity index (χ4n) is 4.83. The first-order valence-electron chi connectivity index (χ1n) is 9.13. The molecule has 0 unspecified atom stereocenters. The van der Waals surface area contributed by atoms with Crippen LogP contribution in [-0.4, -0.2) is 67.0 Å². The summed E-state index contributed by atoms with van der Waals surface area (Å²) in [5.74, 6) is 2.93. The lowest BCUT2D eigenvalue weighted by molar-refractivity contribution is -0.132. The summed E-state index contributed by atoms with van der Waals surface area (Å²) in [4.78, 5) is 22.7. The van der Waals surface area contributed by atoms with E-state index in [0.29, 0.717) is 30.9 Å². The first-order valence-corrected chi connectivity index (χ1v) is 9.13. The molecule has 0 bridgehead atoms. The summed E-state index contributed by atoms with van der Waals surface area (Å²) in [6.45, 7) is 11.2. The first-order chi connectivity index (χ1) is 11.0. The van der Waals surface area contributed by atoms with Gasteiger partial charge in [0.1, 0.15) is 11.4 Å². The van der Waals surface area contributed by atoms with Crippen LogP contribution in [0.4, 0.5) is 0 Å². The Morgan fingerprint density at radius 3 is 2.83 bits per heavy atom. The second kappa shape index (κ2) is 6.52. The molecule has 0 radical (unpaired) electrons. The molecular weight excluding hydrogens is 290 g/mol. The lowest BCUT2D eigenvalue weighted by atomic mass is 9.85. The van der Waals surface area contributed by atoms with Gasteiger partial charge in [0.2, 0.25) is 0 Å². The number of hydrogen-bond donors (Lipinski definition) is 0. The van der Waals surface area contributed by atoms with Crippen LogP contribution in [0.2, 0.25) is 0 Å². The van der Waals surface area contributed by atoms with E-state index < -0.39 is 5.54 Å². The van der Waals surface area contributed by atoms with Crippen molar-refractivity contribution in [2.24, 2.45) is 22.7 Å². The van der Waals surface area contributed by atoms with Crippen LogP contribution < -0.4 is 0 Å². The summed E-state index contributed by atoms with van der Waals surface area (Å²) < 4.78 is 5.19. The second-order valence-electron chi connectivity index (χ2n) is 7.77. The average Bonchev–Trinajstić information content (AvgIpc) is 3.12. The monoisotopic (exact) mass is 321 g/mol. The second-order valence-corrected chi connectivity index (χ2v) is 7.77. The van der Waals surface area contributed by atoms with E-state index in [-0.39, 0.29) is 5.91 Å². The van der Waals surface area contributed by atoms with Crippen molar-refractivity contribution in [1.82, 2.24) is 9.80 Å². The maximum absolute atomic E-state index is 13.2. The summed E-state index contributed by atoms with van der Waals surface area (Å²) in [5.41, 5.74) is -0.463. The minimum atomic E-state index is -0.463. The Morgan fingerprint density at radius 1 is 1.39 bits per heavy atom. The minimum Gasteiger partial charge on any atom is -0.383 e. The van der Waals surface area contributed by atoms with Crippen molar-refractivity contribution in [1.29, 1.82) is 0 Å².